The second-order valence-corrected chi connectivity index (χ2v) is 6.39. The van der Waals surface area contributed by atoms with Crippen LogP contribution in [0.4, 0.5) is 0 Å². The van der Waals surface area contributed by atoms with E-state index in [4.69, 9.17) is 0 Å². The van der Waals surface area contributed by atoms with Crippen molar-refractivity contribution < 1.29 is 8.42 Å². The van der Waals surface area contributed by atoms with Crippen LogP contribution in [0.5, 0.6) is 0 Å². The quantitative estimate of drug-likeness (QED) is 0.804. The SMILES string of the molecule is CCCS(=O)(=O)CCN[C@@H](C)c1ccccn1. The van der Waals surface area contributed by atoms with Crippen molar-refractivity contribution in [2.24, 2.45) is 0 Å². The van der Waals surface area contributed by atoms with Gasteiger partial charge in [0.15, 0.2) is 9.84 Å². The summed E-state index contributed by atoms with van der Waals surface area (Å²) >= 11 is 0. The Kier molecular flexibility index (Phi) is 5.58. The van der Waals surface area contributed by atoms with Gasteiger partial charge in [0.2, 0.25) is 0 Å². The fourth-order valence-electron chi connectivity index (χ4n) is 1.58. The monoisotopic (exact) mass is 256 g/mol. The van der Waals surface area contributed by atoms with Gasteiger partial charge in [-0.1, -0.05) is 13.0 Å². The molecule has 0 saturated carbocycles. The van der Waals surface area contributed by atoms with Crippen LogP contribution < -0.4 is 5.32 Å². The van der Waals surface area contributed by atoms with Crippen LogP contribution in [0, 0.1) is 0 Å². The van der Waals surface area contributed by atoms with Gasteiger partial charge in [-0.3, -0.25) is 4.98 Å². The van der Waals surface area contributed by atoms with E-state index < -0.39 is 9.84 Å². The summed E-state index contributed by atoms with van der Waals surface area (Å²) in [5.41, 5.74) is 0.931. The van der Waals surface area contributed by atoms with Crippen molar-refractivity contribution in [1.29, 1.82) is 0 Å². The summed E-state index contributed by atoms with van der Waals surface area (Å²) < 4.78 is 23.0. The van der Waals surface area contributed by atoms with E-state index in [0.29, 0.717) is 13.0 Å². The zero-order chi connectivity index (χ0) is 12.7. The molecule has 17 heavy (non-hydrogen) atoms. The third-order valence-electron chi connectivity index (χ3n) is 2.51. The van der Waals surface area contributed by atoms with E-state index in [9.17, 15) is 8.42 Å². The summed E-state index contributed by atoms with van der Waals surface area (Å²) in [6, 6.07) is 5.79. The molecular formula is C12H20N2O2S. The molecule has 0 fully saturated rings. The van der Waals surface area contributed by atoms with Crippen LogP contribution in [-0.4, -0.2) is 31.5 Å². The molecular weight excluding hydrogens is 236 g/mol. The lowest BCUT2D eigenvalue weighted by Gasteiger charge is -2.12. The smallest absolute Gasteiger partial charge is 0.151 e. The molecule has 1 rings (SSSR count). The van der Waals surface area contributed by atoms with E-state index in [1.54, 1.807) is 6.20 Å². The van der Waals surface area contributed by atoms with Gasteiger partial charge >= 0.3 is 0 Å². The Morgan fingerprint density at radius 1 is 1.35 bits per heavy atom. The third-order valence-corrected chi connectivity index (χ3v) is 4.37. The van der Waals surface area contributed by atoms with Crippen LogP contribution in [0.15, 0.2) is 24.4 Å². The lowest BCUT2D eigenvalue weighted by Crippen LogP contribution is -2.27. The molecule has 96 valence electrons. The number of nitrogens with zero attached hydrogens (tertiary/aromatic N) is 1. The lowest BCUT2D eigenvalue weighted by atomic mass is 10.2. The maximum atomic E-state index is 11.5. The first-order valence-electron chi connectivity index (χ1n) is 5.90. The Hall–Kier alpha value is -0.940. The van der Waals surface area contributed by atoms with Gasteiger partial charge < -0.3 is 5.32 Å². The number of hydrogen-bond donors (Lipinski definition) is 1. The number of hydrogen-bond acceptors (Lipinski definition) is 4. The fourth-order valence-corrected chi connectivity index (χ4v) is 2.84. The van der Waals surface area contributed by atoms with Gasteiger partial charge in [0.05, 0.1) is 11.4 Å². The molecule has 0 radical (unpaired) electrons. The predicted molar refractivity (Wildman–Crippen MR) is 69.6 cm³/mol. The molecule has 0 bridgehead atoms. The first kappa shape index (κ1) is 14.1. The highest BCUT2D eigenvalue weighted by molar-refractivity contribution is 7.91. The molecule has 0 saturated heterocycles. The van der Waals surface area contributed by atoms with E-state index in [-0.39, 0.29) is 17.5 Å². The number of pyridine rings is 1. The average Bonchev–Trinajstić information content (AvgIpc) is 2.29. The Labute approximate surface area is 103 Å². The molecule has 0 aliphatic carbocycles. The van der Waals surface area contributed by atoms with E-state index in [1.165, 1.54) is 0 Å². The molecule has 0 aliphatic rings. The molecule has 0 amide bonds. The molecule has 5 heteroatoms. The van der Waals surface area contributed by atoms with E-state index >= 15 is 0 Å². The predicted octanol–water partition coefficient (Wildman–Crippen LogP) is 1.56. The van der Waals surface area contributed by atoms with E-state index in [2.05, 4.69) is 10.3 Å². The van der Waals surface area contributed by atoms with Crippen LogP contribution in [0.3, 0.4) is 0 Å². The van der Waals surface area contributed by atoms with Crippen molar-refractivity contribution in [3.63, 3.8) is 0 Å². The lowest BCUT2D eigenvalue weighted by molar-refractivity contribution is 0.564. The summed E-state index contributed by atoms with van der Waals surface area (Å²) in [7, 11) is -2.89. The van der Waals surface area contributed by atoms with Gasteiger partial charge in [-0.2, -0.15) is 0 Å². The number of sulfone groups is 1. The molecule has 4 nitrogen and oxygen atoms in total. The molecule has 1 aromatic rings. The molecule has 0 spiro atoms. The highest BCUT2D eigenvalue weighted by Gasteiger charge is 2.10. The van der Waals surface area contributed by atoms with Gasteiger partial charge in [0.1, 0.15) is 0 Å². The molecule has 1 heterocycles. The van der Waals surface area contributed by atoms with Gasteiger partial charge in [-0.15, -0.1) is 0 Å². The molecule has 0 aromatic carbocycles. The zero-order valence-electron chi connectivity index (χ0n) is 10.4. The Morgan fingerprint density at radius 3 is 2.71 bits per heavy atom. The minimum Gasteiger partial charge on any atom is -0.308 e. The summed E-state index contributed by atoms with van der Waals surface area (Å²) in [4.78, 5) is 4.22. The van der Waals surface area contributed by atoms with Crippen LogP contribution in [0.2, 0.25) is 0 Å². The van der Waals surface area contributed by atoms with Crippen molar-refractivity contribution in [1.82, 2.24) is 10.3 Å². The summed E-state index contributed by atoms with van der Waals surface area (Å²) in [6.45, 7) is 4.33. The second-order valence-electron chi connectivity index (χ2n) is 4.08. The van der Waals surface area contributed by atoms with Crippen molar-refractivity contribution in [2.75, 3.05) is 18.1 Å². The van der Waals surface area contributed by atoms with Gasteiger partial charge in [-0.25, -0.2) is 8.42 Å². The largest absolute Gasteiger partial charge is 0.308 e. The van der Waals surface area contributed by atoms with Crippen LogP contribution in [0.25, 0.3) is 0 Å². The van der Waals surface area contributed by atoms with Gasteiger partial charge in [0, 0.05) is 24.5 Å². The van der Waals surface area contributed by atoms with Crippen molar-refractivity contribution in [2.45, 2.75) is 26.3 Å². The van der Waals surface area contributed by atoms with Crippen LogP contribution in [-0.2, 0) is 9.84 Å². The summed E-state index contributed by atoms with van der Waals surface area (Å²) in [5.74, 6) is 0.463. The minimum atomic E-state index is -2.89. The van der Waals surface area contributed by atoms with Crippen molar-refractivity contribution in [3.05, 3.63) is 30.1 Å². The van der Waals surface area contributed by atoms with Crippen LogP contribution >= 0.6 is 0 Å². The standard InChI is InChI=1S/C12H20N2O2S/c1-3-9-17(15,16)10-8-13-11(2)12-6-4-5-7-14-12/h4-7,11,13H,3,8-10H2,1-2H3/t11-/m0/s1. The average molecular weight is 256 g/mol. The minimum absolute atomic E-state index is 0.0769. The van der Waals surface area contributed by atoms with E-state index in [0.717, 1.165) is 5.69 Å². The molecule has 0 aliphatic heterocycles. The summed E-state index contributed by atoms with van der Waals surface area (Å²) in [6.07, 6.45) is 2.42. The normalized spacial score (nSPS) is 13.5. The maximum absolute atomic E-state index is 11.5. The first-order chi connectivity index (χ1) is 8.05. The fraction of sp³-hybridized carbons (Fsp3) is 0.583. The molecule has 1 N–H and O–H groups in total. The highest BCUT2D eigenvalue weighted by Crippen LogP contribution is 2.07. The van der Waals surface area contributed by atoms with Gasteiger partial charge in [-0.05, 0) is 25.5 Å². The first-order valence-corrected chi connectivity index (χ1v) is 7.72. The molecule has 1 aromatic heterocycles. The highest BCUT2D eigenvalue weighted by atomic mass is 32.2. The number of nitrogens with one attached hydrogen (secondary N) is 1. The van der Waals surface area contributed by atoms with Gasteiger partial charge in [0.25, 0.3) is 0 Å². The Morgan fingerprint density at radius 2 is 2.12 bits per heavy atom. The number of aromatic nitrogens is 1. The molecule has 0 unspecified atom stereocenters. The Balaban J connectivity index is 2.37. The molecule has 1 atom stereocenters. The van der Waals surface area contributed by atoms with Crippen LogP contribution in [0.1, 0.15) is 32.0 Å². The van der Waals surface area contributed by atoms with E-state index in [1.807, 2.05) is 32.0 Å². The third kappa shape index (κ3) is 5.28. The second kappa shape index (κ2) is 6.71. The Bertz CT molecular complexity index is 417. The van der Waals surface area contributed by atoms with Crippen molar-refractivity contribution in [3.8, 4) is 0 Å². The summed E-state index contributed by atoms with van der Waals surface area (Å²) in [5, 5.41) is 3.17. The topological polar surface area (TPSA) is 59.1 Å². The zero-order valence-corrected chi connectivity index (χ0v) is 11.2. The van der Waals surface area contributed by atoms with Crippen molar-refractivity contribution >= 4 is 9.84 Å². The number of rotatable bonds is 7. The maximum Gasteiger partial charge on any atom is 0.151 e.